The van der Waals surface area contributed by atoms with Gasteiger partial charge in [-0.3, -0.25) is 4.79 Å². The van der Waals surface area contributed by atoms with Crippen molar-refractivity contribution in [3.05, 3.63) is 35.9 Å². The zero-order valence-corrected chi connectivity index (χ0v) is 18.8. The summed E-state index contributed by atoms with van der Waals surface area (Å²) in [5, 5.41) is 10.5. The van der Waals surface area contributed by atoms with E-state index in [1.807, 2.05) is 44.2 Å². The summed E-state index contributed by atoms with van der Waals surface area (Å²) >= 11 is 0. The van der Waals surface area contributed by atoms with E-state index in [0.717, 1.165) is 5.56 Å². The first kappa shape index (κ1) is 23.1. The van der Waals surface area contributed by atoms with Gasteiger partial charge in [0.2, 0.25) is 8.32 Å². The number of hydrogen-bond donors (Lipinski definition) is 1. The average Bonchev–Trinajstić information content (AvgIpc) is 2.57. The van der Waals surface area contributed by atoms with E-state index in [4.69, 9.17) is 4.43 Å². The predicted molar refractivity (Wildman–Crippen MR) is 112 cm³/mol. The van der Waals surface area contributed by atoms with Crippen molar-refractivity contribution in [2.75, 3.05) is 0 Å². The van der Waals surface area contributed by atoms with Crippen molar-refractivity contribution in [3.63, 3.8) is 0 Å². The van der Waals surface area contributed by atoms with Crippen LogP contribution in [-0.4, -0.2) is 25.3 Å². The Bertz CT molecular complexity index is 532. The molecular formula is C22H38O3Si. The molecule has 26 heavy (non-hydrogen) atoms. The Hall–Kier alpha value is -0.973. The molecule has 0 aliphatic carbocycles. The van der Waals surface area contributed by atoms with Crippen LogP contribution in [0, 0.1) is 5.92 Å². The maximum atomic E-state index is 12.7. The van der Waals surface area contributed by atoms with Gasteiger partial charge in [0.15, 0.2) is 0 Å². The van der Waals surface area contributed by atoms with Gasteiger partial charge in [0.25, 0.3) is 0 Å². The van der Waals surface area contributed by atoms with Gasteiger partial charge in [-0.2, -0.15) is 0 Å². The quantitative estimate of drug-likeness (QED) is 0.516. The Morgan fingerprint density at radius 2 is 1.38 bits per heavy atom. The minimum Gasteiger partial charge on any atom is -0.413 e. The number of aliphatic hydroxyl groups excluding tert-OH is 1. The van der Waals surface area contributed by atoms with Crippen molar-refractivity contribution in [2.45, 2.75) is 90.6 Å². The standard InChI is InChI=1S/C22H38O3Si/c1-15(2)26(16(3)4,17(5)6)25-18(7)14-21(23)19(8)22(24)20-12-10-9-11-13-20/h9-13,15-19,22,24H,14H2,1-8H3/t18-,19-,22?/m0/s1. The van der Waals surface area contributed by atoms with E-state index in [1.165, 1.54) is 0 Å². The first-order chi connectivity index (χ1) is 12.0. The van der Waals surface area contributed by atoms with Crippen molar-refractivity contribution < 1.29 is 14.3 Å². The lowest BCUT2D eigenvalue weighted by atomic mass is 9.91. The molecule has 148 valence electrons. The molecule has 0 aliphatic heterocycles. The van der Waals surface area contributed by atoms with Crippen molar-refractivity contribution >= 4 is 14.1 Å². The van der Waals surface area contributed by atoms with E-state index in [2.05, 4.69) is 41.5 Å². The molecule has 0 aromatic heterocycles. The summed E-state index contributed by atoms with van der Waals surface area (Å²) in [5.41, 5.74) is 2.27. The van der Waals surface area contributed by atoms with Crippen LogP contribution in [0.15, 0.2) is 30.3 Å². The van der Waals surface area contributed by atoms with Gasteiger partial charge in [-0.1, -0.05) is 78.8 Å². The van der Waals surface area contributed by atoms with Crippen LogP contribution in [0.5, 0.6) is 0 Å². The first-order valence-electron chi connectivity index (χ1n) is 9.97. The van der Waals surface area contributed by atoms with Gasteiger partial charge in [0.05, 0.1) is 6.10 Å². The average molecular weight is 379 g/mol. The van der Waals surface area contributed by atoms with Crippen LogP contribution < -0.4 is 0 Å². The summed E-state index contributed by atoms with van der Waals surface area (Å²) in [6.45, 7) is 17.3. The van der Waals surface area contributed by atoms with Gasteiger partial charge in [-0.15, -0.1) is 0 Å². The molecule has 0 heterocycles. The number of carbonyl (C=O) groups is 1. The SMILES string of the molecule is CC(C)[Si](O[C@@H](C)CC(=O)[C@H](C)C(O)c1ccccc1)(C(C)C)C(C)C. The van der Waals surface area contributed by atoms with E-state index in [0.29, 0.717) is 23.0 Å². The fraction of sp³-hybridized carbons (Fsp3) is 0.682. The molecule has 1 aromatic carbocycles. The van der Waals surface area contributed by atoms with Gasteiger partial charge < -0.3 is 9.53 Å². The van der Waals surface area contributed by atoms with E-state index in [9.17, 15) is 9.90 Å². The largest absolute Gasteiger partial charge is 0.413 e. The molecule has 1 N–H and O–H groups in total. The normalized spacial score (nSPS) is 16.2. The molecule has 0 spiro atoms. The van der Waals surface area contributed by atoms with Crippen LogP contribution in [-0.2, 0) is 9.22 Å². The number of rotatable bonds is 10. The van der Waals surface area contributed by atoms with Gasteiger partial charge in [0.1, 0.15) is 5.78 Å². The highest BCUT2D eigenvalue weighted by Gasteiger charge is 2.46. The predicted octanol–water partition coefficient (Wildman–Crippen LogP) is 5.90. The molecule has 0 radical (unpaired) electrons. The maximum Gasteiger partial charge on any atom is 0.200 e. The summed E-state index contributed by atoms with van der Waals surface area (Å²) in [4.78, 5) is 12.7. The number of hydrogen-bond acceptors (Lipinski definition) is 3. The number of Topliss-reactive ketones (excluding diaryl/α,β-unsaturated/α-hetero) is 1. The summed E-state index contributed by atoms with van der Waals surface area (Å²) in [6.07, 6.45) is -0.531. The Labute approximate surface area is 161 Å². The van der Waals surface area contributed by atoms with Crippen molar-refractivity contribution in [1.82, 2.24) is 0 Å². The first-order valence-corrected chi connectivity index (χ1v) is 12.1. The fourth-order valence-electron chi connectivity index (χ4n) is 4.38. The molecule has 3 nitrogen and oxygen atoms in total. The number of benzene rings is 1. The lowest BCUT2D eigenvalue weighted by Crippen LogP contribution is -2.50. The molecule has 0 fully saturated rings. The smallest absolute Gasteiger partial charge is 0.200 e. The Kier molecular flexibility index (Phi) is 8.71. The zero-order valence-electron chi connectivity index (χ0n) is 17.8. The molecular weight excluding hydrogens is 340 g/mol. The maximum absolute atomic E-state index is 12.7. The highest BCUT2D eigenvalue weighted by atomic mass is 28.4. The number of carbonyl (C=O) groups excluding carboxylic acids is 1. The number of ketones is 1. The topological polar surface area (TPSA) is 46.5 Å². The lowest BCUT2D eigenvalue weighted by molar-refractivity contribution is -0.127. The Balaban J connectivity index is 2.82. The second-order valence-corrected chi connectivity index (χ2v) is 14.0. The molecule has 4 heteroatoms. The second kappa shape index (κ2) is 9.82. The summed E-state index contributed by atoms with van der Waals surface area (Å²) in [6, 6.07) is 9.41. The van der Waals surface area contributed by atoms with Crippen molar-refractivity contribution in [1.29, 1.82) is 0 Å². The van der Waals surface area contributed by atoms with Gasteiger partial charge >= 0.3 is 0 Å². The number of aliphatic hydroxyl groups is 1. The molecule has 0 bridgehead atoms. The van der Waals surface area contributed by atoms with Crippen LogP contribution in [0.2, 0.25) is 16.6 Å². The van der Waals surface area contributed by atoms with Crippen molar-refractivity contribution in [3.8, 4) is 0 Å². The van der Waals surface area contributed by atoms with Crippen LogP contribution in [0.4, 0.5) is 0 Å². The minimum atomic E-state index is -2.00. The monoisotopic (exact) mass is 378 g/mol. The molecule has 1 aromatic rings. The summed E-state index contributed by atoms with van der Waals surface area (Å²) in [7, 11) is -2.00. The fourth-order valence-corrected chi connectivity index (χ4v) is 9.98. The third-order valence-corrected chi connectivity index (χ3v) is 11.9. The van der Waals surface area contributed by atoms with E-state index in [-0.39, 0.29) is 11.9 Å². The van der Waals surface area contributed by atoms with Crippen LogP contribution in [0.1, 0.15) is 73.5 Å². The van der Waals surface area contributed by atoms with E-state index in [1.54, 1.807) is 0 Å². The van der Waals surface area contributed by atoms with Gasteiger partial charge in [-0.25, -0.2) is 0 Å². The lowest BCUT2D eigenvalue weighted by Gasteiger charge is -2.44. The van der Waals surface area contributed by atoms with Crippen LogP contribution >= 0.6 is 0 Å². The molecule has 0 saturated carbocycles. The minimum absolute atomic E-state index is 0.0630. The Morgan fingerprint density at radius 1 is 0.923 bits per heavy atom. The molecule has 1 rings (SSSR count). The van der Waals surface area contributed by atoms with Crippen molar-refractivity contribution in [2.24, 2.45) is 5.92 Å². The van der Waals surface area contributed by atoms with Crippen LogP contribution in [0.3, 0.4) is 0 Å². The molecule has 1 unspecified atom stereocenters. The summed E-state index contributed by atoms with van der Waals surface area (Å²) in [5.74, 6) is -0.371. The van der Waals surface area contributed by atoms with Gasteiger partial charge in [-0.05, 0) is 29.1 Å². The van der Waals surface area contributed by atoms with E-state index < -0.39 is 20.3 Å². The third kappa shape index (κ3) is 5.27. The molecule has 0 amide bonds. The van der Waals surface area contributed by atoms with Gasteiger partial charge in [0, 0.05) is 18.4 Å². The van der Waals surface area contributed by atoms with Crippen LogP contribution in [0.25, 0.3) is 0 Å². The Morgan fingerprint density at radius 3 is 1.81 bits per heavy atom. The molecule has 3 atom stereocenters. The zero-order chi connectivity index (χ0) is 20.1. The highest BCUT2D eigenvalue weighted by molar-refractivity contribution is 6.77. The third-order valence-electron chi connectivity index (χ3n) is 5.72. The van der Waals surface area contributed by atoms with E-state index >= 15 is 0 Å². The highest BCUT2D eigenvalue weighted by Crippen LogP contribution is 2.43. The second-order valence-electron chi connectivity index (χ2n) is 8.56. The molecule has 0 saturated heterocycles. The summed E-state index contributed by atoms with van der Waals surface area (Å²) < 4.78 is 6.67. The molecule has 0 aliphatic rings.